The number of non-ortho nitro benzene ring substituents is 1. The second kappa shape index (κ2) is 14.0. The number of carbonyl (C=O) groups is 2. The van der Waals surface area contributed by atoms with Crippen molar-refractivity contribution < 1.29 is 28.0 Å². The maximum atomic E-state index is 12.7. The molecule has 0 spiro atoms. The SMILES string of the molecule is CC(=O)O.Cc1ccc(S(=O)(=O)N[C@@H](CCCCN)C(=O)NCc2ccc([N+](=O)[O-])cc2)cc1. The van der Waals surface area contributed by atoms with Crippen molar-refractivity contribution in [2.45, 2.75) is 50.6 Å². The highest BCUT2D eigenvalue weighted by Gasteiger charge is 2.25. The van der Waals surface area contributed by atoms with E-state index >= 15 is 0 Å². The average Bonchev–Trinajstić information content (AvgIpc) is 2.77. The van der Waals surface area contributed by atoms with Gasteiger partial charge in [0.1, 0.15) is 6.04 Å². The zero-order valence-corrected chi connectivity index (χ0v) is 19.9. The van der Waals surface area contributed by atoms with E-state index in [-0.39, 0.29) is 17.1 Å². The Hall–Kier alpha value is -3.35. The molecule has 0 aliphatic heterocycles. The molecule has 0 aliphatic carbocycles. The van der Waals surface area contributed by atoms with Gasteiger partial charge in [-0.2, -0.15) is 4.72 Å². The molecule has 0 bridgehead atoms. The molecule has 2 aromatic rings. The minimum absolute atomic E-state index is 0.0457. The molecule has 0 aliphatic rings. The van der Waals surface area contributed by atoms with Crippen molar-refractivity contribution >= 4 is 27.6 Å². The molecule has 2 aromatic carbocycles. The largest absolute Gasteiger partial charge is 0.481 e. The van der Waals surface area contributed by atoms with Crippen LogP contribution in [0.25, 0.3) is 0 Å². The number of carboxylic acids is 1. The van der Waals surface area contributed by atoms with Crippen LogP contribution in [-0.2, 0) is 26.2 Å². The highest BCUT2D eigenvalue weighted by atomic mass is 32.2. The molecule has 1 amide bonds. The predicted molar refractivity (Wildman–Crippen MR) is 126 cm³/mol. The highest BCUT2D eigenvalue weighted by Crippen LogP contribution is 2.14. The quantitative estimate of drug-likeness (QED) is 0.208. The molecule has 34 heavy (non-hydrogen) atoms. The number of carboxylic acid groups (broad SMARTS) is 1. The van der Waals surface area contributed by atoms with Crippen LogP contribution in [0.3, 0.4) is 0 Å². The van der Waals surface area contributed by atoms with Crippen LogP contribution in [0, 0.1) is 17.0 Å². The number of hydrogen-bond acceptors (Lipinski definition) is 7. The molecule has 2 rings (SSSR count). The topological polar surface area (TPSA) is 182 Å². The van der Waals surface area contributed by atoms with E-state index in [9.17, 15) is 23.3 Å². The van der Waals surface area contributed by atoms with Gasteiger partial charge >= 0.3 is 0 Å². The number of nitrogens with zero attached hydrogens (tertiary/aromatic N) is 1. The van der Waals surface area contributed by atoms with Crippen molar-refractivity contribution in [2.75, 3.05) is 6.54 Å². The van der Waals surface area contributed by atoms with Gasteiger partial charge in [-0.05, 0) is 44.0 Å². The van der Waals surface area contributed by atoms with Crippen LogP contribution in [0.2, 0.25) is 0 Å². The smallest absolute Gasteiger partial charge is 0.300 e. The number of nitro groups is 1. The second-order valence-corrected chi connectivity index (χ2v) is 9.15. The number of benzene rings is 2. The van der Waals surface area contributed by atoms with Gasteiger partial charge in [0, 0.05) is 25.6 Å². The average molecular weight is 495 g/mol. The zero-order chi connectivity index (χ0) is 25.7. The molecule has 0 saturated heterocycles. The molecule has 12 heteroatoms. The fourth-order valence-corrected chi connectivity index (χ4v) is 3.99. The standard InChI is InChI=1S/C20H26N4O5S.C2H4O2/c1-15-5-11-18(12-6-15)30(28,29)23-19(4-2-3-13-21)20(25)22-14-16-7-9-17(10-8-16)24(26)27;1-2(3)4/h5-12,19,23H,2-4,13-14,21H2,1H3,(H,22,25);1H3,(H,3,4)/t19-;/m0./s1. The molecule has 0 unspecified atom stereocenters. The Labute approximate surface area is 198 Å². The Morgan fingerprint density at radius 3 is 2.15 bits per heavy atom. The van der Waals surface area contributed by atoms with Gasteiger partial charge in [-0.25, -0.2) is 8.42 Å². The van der Waals surface area contributed by atoms with E-state index in [1.54, 1.807) is 12.1 Å². The summed E-state index contributed by atoms with van der Waals surface area (Å²) in [4.78, 5) is 32.0. The number of nitrogens with one attached hydrogen (secondary N) is 2. The number of sulfonamides is 1. The third kappa shape index (κ3) is 10.5. The van der Waals surface area contributed by atoms with Crippen molar-refractivity contribution in [3.63, 3.8) is 0 Å². The lowest BCUT2D eigenvalue weighted by atomic mass is 10.1. The first-order valence-electron chi connectivity index (χ1n) is 10.5. The van der Waals surface area contributed by atoms with Crippen LogP contribution in [0.15, 0.2) is 53.4 Å². The molecular formula is C22H30N4O7S. The van der Waals surface area contributed by atoms with Crippen LogP contribution in [0.1, 0.15) is 37.3 Å². The molecule has 5 N–H and O–H groups in total. The molecule has 0 radical (unpaired) electrons. The Morgan fingerprint density at radius 2 is 1.65 bits per heavy atom. The zero-order valence-electron chi connectivity index (χ0n) is 19.1. The normalized spacial score (nSPS) is 11.6. The summed E-state index contributed by atoms with van der Waals surface area (Å²) in [7, 11) is -3.87. The third-order valence-corrected chi connectivity index (χ3v) is 5.99. The summed E-state index contributed by atoms with van der Waals surface area (Å²) in [5.41, 5.74) is 7.05. The molecule has 0 aromatic heterocycles. The number of aliphatic carboxylic acids is 1. The molecule has 1 atom stereocenters. The van der Waals surface area contributed by atoms with Gasteiger partial charge in [0.15, 0.2) is 0 Å². The molecule has 0 fully saturated rings. The van der Waals surface area contributed by atoms with Gasteiger partial charge in [-0.15, -0.1) is 0 Å². The molecule has 0 heterocycles. The Bertz CT molecular complexity index is 1050. The predicted octanol–water partition coefficient (Wildman–Crippen LogP) is 2.09. The number of amides is 1. The summed E-state index contributed by atoms with van der Waals surface area (Å²) >= 11 is 0. The molecule has 186 valence electrons. The van der Waals surface area contributed by atoms with E-state index in [1.165, 1.54) is 36.4 Å². The van der Waals surface area contributed by atoms with Gasteiger partial charge in [0.25, 0.3) is 11.7 Å². The van der Waals surface area contributed by atoms with E-state index in [1.807, 2.05) is 6.92 Å². The molecule has 0 saturated carbocycles. The lowest BCUT2D eigenvalue weighted by Gasteiger charge is -2.19. The van der Waals surface area contributed by atoms with Crippen molar-refractivity contribution in [3.05, 3.63) is 69.8 Å². The summed E-state index contributed by atoms with van der Waals surface area (Å²) in [6, 6.07) is 11.2. The Kier molecular flexibility index (Phi) is 11.8. The Balaban J connectivity index is 0.00000133. The number of hydrogen-bond donors (Lipinski definition) is 4. The lowest BCUT2D eigenvalue weighted by molar-refractivity contribution is -0.384. The van der Waals surface area contributed by atoms with Gasteiger partial charge in [-0.1, -0.05) is 36.2 Å². The highest BCUT2D eigenvalue weighted by molar-refractivity contribution is 7.89. The number of aryl methyl sites for hydroxylation is 1. The minimum Gasteiger partial charge on any atom is -0.481 e. The number of rotatable bonds is 11. The van der Waals surface area contributed by atoms with E-state index in [2.05, 4.69) is 10.0 Å². The van der Waals surface area contributed by atoms with E-state index < -0.39 is 32.9 Å². The van der Waals surface area contributed by atoms with Crippen LogP contribution in [-0.4, -0.2) is 42.9 Å². The maximum Gasteiger partial charge on any atom is 0.300 e. The summed E-state index contributed by atoms with van der Waals surface area (Å²) in [6.45, 7) is 3.50. The number of nitrogens with two attached hydrogens (primary N) is 1. The van der Waals surface area contributed by atoms with Crippen molar-refractivity contribution in [2.24, 2.45) is 5.73 Å². The van der Waals surface area contributed by atoms with Crippen molar-refractivity contribution in [1.29, 1.82) is 0 Å². The van der Waals surface area contributed by atoms with E-state index in [4.69, 9.17) is 15.6 Å². The monoisotopic (exact) mass is 494 g/mol. The fraction of sp³-hybridized carbons (Fsp3) is 0.364. The van der Waals surface area contributed by atoms with Crippen LogP contribution in [0.5, 0.6) is 0 Å². The summed E-state index contributed by atoms with van der Waals surface area (Å²) < 4.78 is 27.9. The number of carbonyl (C=O) groups excluding carboxylic acids is 1. The summed E-state index contributed by atoms with van der Waals surface area (Å²) in [6.07, 6.45) is 1.55. The summed E-state index contributed by atoms with van der Waals surface area (Å²) in [5.74, 6) is -1.30. The van der Waals surface area contributed by atoms with Crippen LogP contribution >= 0.6 is 0 Å². The first-order valence-corrected chi connectivity index (χ1v) is 11.9. The first kappa shape index (κ1) is 28.7. The number of nitro benzene ring substituents is 1. The fourth-order valence-electron chi connectivity index (χ4n) is 2.76. The third-order valence-electron chi connectivity index (χ3n) is 4.51. The molecular weight excluding hydrogens is 464 g/mol. The van der Waals surface area contributed by atoms with E-state index in [0.29, 0.717) is 31.4 Å². The van der Waals surface area contributed by atoms with Gasteiger partial charge < -0.3 is 16.2 Å². The van der Waals surface area contributed by atoms with Gasteiger partial charge in [-0.3, -0.25) is 19.7 Å². The summed E-state index contributed by atoms with van der Waals surface area (Å²) in [5, 5.41) is 20.8. The van der Waals surface area contributed by atoms with Gasteiger partial charge in [0.05, 0.1) is 9.82 Å². The first-order chi connectivity index (χ1) is 16.0. The van der Waals surface area contributed by atoms with Gasteiger partial charge in [0.2, 0.25) is 15.9 Å². The maximum absolute atomic E-state index is 12.7. The number of unbranched alkanes of at least 4 members (excludes halogenated alkanes) is 1. The second-order valence-electron chi connectivity index (χ2n) is 7.43. The Morgan fingerprint density at radius 1 is 1.09 bits per heavy atom. The minimum atomic E-state index is -3.87. The van der Waals surface area contributed by atoms with Crippen molar-refractivity contribution in [1.82, 2.24) is 10.0 Å². The van der Waals surface area contributed by atoms with E-state index in [0.717, 1.165) is 12.5 Å². The van der Waals surface area contributed by atoms with Crippen molar-refractivity contribution in [3.8, 4) is 0 Å². The van der Waals surface area contributed by atoms with Crippen LogP contribution < -0.4 is 15.8 Å². The molecule has 11 nitrogen and oxygen atoms in total. The van der Waals surface area contributed by atoms with Crippen LogP contribution in [0.4, 0.5) is 5.69 Å². The lowest BCUT2D eigenvalue weighted by Crippen LogP contribution is -2.46.